The second kappa shape index (κ2) is 5.72. The molecule has 4 nitrogen and oxygen atoms in total. The topological polar surface area (TPSA) is 49.2 Å². The van der Waals surface area contributed by atoms with Crippen molar-refractivity contribution >= 4 is 16.8 Å². The number of nitrogens with zero attached hydrogens (tertiary/aromatic N) is 1. The lowest BCUT2D eigenvalue weighted by Gasteiger charge is -2.25. The van der Waals surface area contributed by atoms with Gasteiger partial charge in [-0.3, -0.25) is 4.79 Å². The van der Waals surface area contributed by atoms with E-state index in [1.807, 2.05) is 51.1 Å². The molecule has 0 unspecified atom stereocenters. The number of carbonyl (C=O) groups excluding carboxylic acids is 1. The Hall–Kier alpha value is -2.49. The number of fused-ring (bicyclic) bond motifs is 1. The molecule has 0 saturated carbocycles. The van der Waals surface area contributed by atoms with Crippen molar-refractivity contribution in [3.63, 3.8) is 0 Å². The SMILES string of the molecule is Cc1ccc2[nH]c(C(=O)N(Cc3ccco3)C(C)C)cc2c1. The van der Waals surface area contributed by atoms with Crippen LogP contribution in [0.3, 0.4) is 0 Å². The highest BCUT2D eigenvalue weighted by atomic mass is 16.3. The number of hydrogen-bond donors (Lipinski definition) is 1. The van der Waals surface area contributed by atoms with Crippen molar-refractivity contribution in [3.05, 3.63) is 59.7 Å². The minimum atomic E-state index is -0.0137. The van der Waals surface area contributed by atoms with Crippen LogP contribution in [0, 0.1) is 6.92 Å². The molecule has 0 atom stereocenters. The third kappa shape index (κ3) is 2.77. The van der Waals surface area contributed by atoms with E-state index < -0.39 is 0 Å². The number of furan rings is 1. The molecule has 114 valence electrons. The molecule has 0 saturated heterocycles. The molecule has 1 aromatic carbocycles. The fourth-order valence-corrected chi connectivity index (χ4v) is 2.58. The number of nitrogens with one attached hydrogen (secondary N) is 1. The van der Waals surface area contributed by atoms with Crippen LogP contribution >= 0.6 is 0 Å². The monoisotopic (exact) mass is 296 g/mol. The summed E-state index contributed by atoms with van der Waals surface area (Å²) in [7, 11) is 0. The lowest BCUT2D eigenvalue weighted by molar-refractivity contribution is 0.0671. The molecule has 1 amide bonds. The average molecular weight is 296 g/mol. The summed E-state index contributed by atoms with van der Waals surface area (Å²) < 4.78 is 5.37. The Balaban J connectivity index is 1.91. The first-order chi connectivity index (χ1) is 10.5. The molecule has 0 bridgehead atoms. The Morgan fingerprint density at radius 3 is 2.77 bits per heavy atom. The summed E-state index contributed by atoms with van der Waals surface area (Å²) in [6.45, 7) is 6.53. The number of hydrogen-bond acceptors (Lipinski definition) is 2. The van der Waals surface area contributed by atoms with Gasteiger partial charge in [0.25, 0.3) is 5.91 Å². The molecule has 0 spiro atoms. The molecule has 0 radical (unpaired) electrons. The summed E-state index contributed by atoms with van der Waals surface area (Å²) in [6.07, 6.45) is 1.63. The van der Waals surface area contributed by atoms with Gasteiger partial charge < -0.3 is 14.3 Å². The van der Waals surface area contributed by atoms with E-state index in [1.165, 1.54) is 5.56 Å². The van der Waals surface area contributed by atoms with Crippen LogP contribution in [-0.2, 0) is 6.54 Å². The van der Waals surface area contributed by atoms with Gasteiger partial charge in [-0.05, 0) is 51.1 Å². The van der Waals surface area contributed by atoms with E-state index in [2.05, 4.69) is 11.1 Å². The fourth-order valence-electron chi connectivity index (χ4n) is 2.58. The first-order valence-corrected chi connectivity index (χ1v) is 7.47. The molecular formula is C18H20N2O2. The molecule has 1 N–H and O–H groups in total. The van der Waals surface area contributed by atoms with Crippen LogP contribution < -0.4 is 0 Å². The maximum Gasteiger partial charge on any atom is 0.270 e. The molecule has 0 aliphatic heterocycles. The van der Waals surface area contributed by atoms with E-state index in [0.717, 1.165) is 16.7 Å². The first-order valence-electron chi connectivity index (χ1n) is 7.47. The zero-order valence-electron chi connectivity index (χ0n) is 13.1. The third-order valence-corrected chi connectivity index (χ3v) is 3.80. The highest BCUT2D eigenvalue weighted by molar-refractivity contribution is 5.98. The normalized spacial score (nSPS) is 11.3. The maximum atomic E-state index is 12.8. The van der Waals surface area contributed by atoms with Crippen molar-refractivity contribution in [3.8, 4) is 0 Å². The minimum Gasteiger partial charge on any atom is -0.467 e. The van der Waals surface area contributed by atoms with Crippen molar-refractivity contribution in [2.45, 2.75) is 33.4 Å². The fraction of sp³-hybridized carbons (Fsp3) is 0.278. The van der Waals surface area contributed by atoms with E-state index in [-0.39, 0.29) is 11.9 Å². The average Bonchev–Trinajstić information content (AvgIpc) is 3.12. The molecule has 22 heavy (non-hydrogen) atoms. The van der Waals surface area contributed by atoms with Crippen molar-refractivity contribution in [1.82, 2.24) is 9.88 Å². The Morgan fingerprint density at radius 1 is 1.27 bits per heavy atom. The predicted molar refractivity (Wildman–Crippen MR) is 86.8 cm³/mol. The summed E-state index contributed by atoms with van der Waals surface area (Å²) in [5, 5.41) is 1.06. The van der Waals surface area contributed by atoms with Crippen molar-refractivity contribution < 1.29 is 9.21 Å². The van der Waals surface area contributed by atoms with Crippen LogP contribution in [0.1, 0.15) is 35.7 Å². The quantitative estimate of drug-likeness (QED) is 0.787. The standard InChI is InChI=1S/C18H20N2O2/c1-12(2)20(11-15-5-4-8-22-15)18(21)17-10-14-9-13(3)6-7-16(14)19-17/h4-10,12,19H,11H2,1-3H3. The Labute approximate surface area is 129 Å². The van der Waals surface area contributed by atoms with Gasteiger partial charge in [0.1, 0.15) is 11.5 Å². The number of H-pyrrole nitrogens is 1. The van der Waals surface area contributed by atoms with Gasteiger partial charge in [0, 0.05) is 16.9 Å². The van der Waals surface area contributed by atoms with Gasteiger partial charge in [0.15, 0.2) is 0 Å². The number of amides is 1. The summed E-state index contributed by atoms with van der Waals surface area (Å²) in [4.78, 5) is 17.8. The van der Waals surface area contributed by atoms with Gasteiger partial charge in [-0.25, -0.2) is 0 Å². The van der Waals surface area contributed by atoms with Crippen LogP contribution in [-0.4, -0.2) is 21.8 Å². The zero-order valence-corrected chi connectivity index (χ0v) is 13.1. The molecule has 0 aliphatic carbocycles. The number of aromatic amines is 1. The van der Waals surface area contributed by atoms with Gasteiger partial charge in [-0.2, -0.15) is 0 Å². The van der Waals surface area contributed by atoms with Crippen LogP contribution in [0.4, 0.5) is 0 Å². The molecular weight excluding hydrogens is 276 g/mol. The van der Waals surface area contributed by atoms with Gasteiger partial charge in [-0.1, -0.05) is 11.6 Å². The molecule has 2 aromatic heterocycles. The zero-order chi connectivity index (χ0) is 15.7. The van der Waals surface area contributed by atoms with Crippen molar-refractivity contribution in [1.29, 1.82) is 0 Å². The van der Waals surface area contributed by atoms with Crippen molar-refractivity contribution in [2.24, 2.45) is 0 Å². The Bertz CT molecular complexity index is 785. The maximum absolute atomic E-state index is 12.8. The van der Waals surface area contributed by atoms with Crippen molar-refractivity contribution in [2.75, 3.05) is 0 Å². The minimum absolute atomic E-state index is 0.0137. The van der Waals surface area contributed by atoms with Crippen LogP contribution in [0.2, 0.25) is 0 Å². The molecule has 4 heteroatoms. The van der Waals surface area contributed by atoms with Gasteiger partial charge >= 0.3 is 0 Å². The van der Waals surface area contributed by atoms with Crippen LogP contribution in [0.15, 0.2) is 47.1 Å². The highest BCUT2D eigenvalue weighted by Crippen LogP contribution is 2.20. The smallest absolute Gasteiger partial charge is 0.270 e. The Kier molecular flexibility index (Phi) is 3.75. The first kappa shape index (κ1) is 14.4. The molecule has 3 aromatic rings. The van der Waals surface area contributed by atoms with E-state index in [1.54, 1.807) is 11.2 Å². The van der Waals surface area contributed by atoms with E-state index in [0.29, 0.717) is 12.2 Å². The lowest BCUT2D eigenvalue weighted by Crippen LogP contribution is -2.36. The second-order valence-electron chi connectivity index (χ2n) is 5.88. The van der Waals surface area contributed by atoms with Gasteiger partial charge in [0.05, 0.1) is 12.8 Å². The summed E-state index contributed by atoms with van der Waals surface area (Å²) >= 11 is 0. The van der Waals surface area contributed by atoms with Gasteiger partial charge in [0.2, 0.25) is 0 Å². The third-order valence-electron chi connectivity index (χ3n) is 3.80. The van der Waals surface area contributed by atoms with E-state index >= 15 is 0 Å². The lowest BCUT2D eigenvalue weighted by atomic mass is 10.2. The summed E-state index contributed by atoms with van der Waals surface area (Å²) in [5.41, 5.74) is 2.78. The van der Waals surface area contributed by atoms with Crippen LogP contribution in [0.5, 0.6) is 0 Å². The Morgan fingerprint density at radius 2 is 2.09 bits per heavy atom. The number of aryl methyl sites for hydroxylation is 1. The molecule has 0 aliphatic rings. The number of rotatable bonds is 4. The van der Waals surface area contributed by atoms with Crippen LogP contribution in [0.25, 0.3) is 10.9 Å². The van der Waals surface area contributed by atoms with E-state index in [4.69, 9.17) is 4.42 Å². The number of aromatic nitrogens is 1. The summed E-state index contributed by atoms with van der Waals surface area (Å²) in [6, 6.07) is 11.9. The largest absolute Gasteiger partial charge is 0.467 e. The van der Waals surface area contributed by atoms with E-state index in [9.17, 15) is 4.79 Å². The molecule has 3 rings (SSSR count). The summed E-state index contributed by atoms with van der Waals surface area (Å²) in [5.74, 6) is 0.772. The predicted octanol–water partition coefficient (Wildman–Crippen LogP) is 4.12. The second-order valence-corrected chi connectivity index (χ2v) is 5.88. The number of benzene rings is 1. The van der Waals surface area contributed by atoms with Gasteiger partial charge in [-0.15, -0.1) is 0 Å². The molecule has 0 fully saturated rings. The number of carbonyl (C=O) groups is 1. The molecule has 2 heterocycles. The highest BCUT2D eigenvalue weighted by Gasteiger charge is 2.21.